The fourth-order valence-corrected chi connectivity index (χ4v) is 1.20. The van der Waals surface area contributed by atoms with Gasteiger partial charge in [-0.25, -0.2) is 8.78 Å². The largest absolute Gasteiger partial charge is 0.423 e. The Kier molecular flexibility index (Phi) is 1.80. The van der Waals surface area contributed by atoms with Crippen molar-refractivity contribution >= 4 is 0 Å². The predicted molar refractivity (Wildman–Crippen MR) is 39.1 cm³/mol. The van der Waals surface area contributed by atoms with Gasteiger partial charge in [-0.05, 0) is 12.8 Å². The smallest absolute Gasteiger partial charge is 0.252 e. The minimum atomic E-state index is -2.43. The second kappa shape index (κ2) is 2.73. The Hall–Kier alpha value is -1.04. The number of hydrogen-bond acceptors (Lipinski definition) is 4. The van der Waals surface area contributed by atoms with Gasteiger partial charge in [-0.15, -0.1) is 10.2 Å². The highest BCUT2D eigenvalue weighted by Crippen LogP contribution is 2.51. The first-order valence-electron chi connectivity index (χ1n) is 4.00. The van der Waals surface area contributed by atoms with Crippen molar-refractivity contribution in [1.29, 1.82) is 0 Å². The van der Waals surface area contributed by atoms with Crippen molar-refractivity contribution in [3.63, 3.8) is 0 Å². The number of nitrogens with zero attached hydrogens (tertiary/aromatic N) is 2. The van der Waals surface area contributed by atoms with Gasteiger partial charge in [0.05, 0.1) is 6.54 Å². The number of hydrogen-bond donors (Lipinski definition) is 1. The molecule has 0 aliphatic heterocycles. The van der Waals surface area contributed by atoms with Gasteiger partial charge in [0.1, 0.15) is 5.41 Å². The molecule has 1 aromatic heterocycles. The van der Waals surface area contributed by atoms with Crippen LogP contribution in [0.15, 0.2) is 4.42 Å². The molecule has 1 saturated carbocycles. The number of rotatable bonds is 3. The summed E-state index contributed by atoms with van der Waals surface area (Å²) in [6.07, 6.45) is -1.60. The number of nitrogens with two attached hydrogens (primary N) is 1. The summed E-state index contributed by atoms with van der Waals surface area (Å²) >= 11 is 0. The lowest BCUT2D eigenvalue weighted by Gasteiger charge is -2.06. The molecule has 1 aromatic rings. The third-order valence-electron chi connectivity index (χ3n) is 2.27. The highest BCUT2D eigenvalue weighted by atomic mass is 19.3. The van der Waals surface area contributed by atoms with Crippen molar-refractivity contribution in [3.8, 4) is 0 Å². The van der Waals surface area contributed by atoms with Crippen LogP contribution in [-0.2, 0) is 12.0 Å². The Morgan fingerprint density at radius 2 is 2.15 bits per heavy atom. The number of halogens is 2. The van der Waals surface area contributed by atoms with E-state index in [1.54, 1.807) is 0 Å². The van der Waals surface area contributed by atoms with E-state index in [0.717, 1.165) is 0 Å². The molecule has 1 fully saturated rings. The maximum absolute atomic E-state index is 12.5. The molecule has 4 nitrogen and oxygen atoms in total. The van der Waals surface area contributed by atoms with Gasteiger partial charge in [-0.3, -0.25) is 0 Å². The fourth-order valence-electron chi connectivity index (χ4n) is 1.20. The van der Waals surface area contributed by atoms with Crippen molar-refractivity contribution in [2.75, 3.05) is 0 Å². The zero-order valence-corrected chi connectivity index (χ0v) is 6.83. The number of alkyl halides is 2. The molecule has 2 rings (SSSR count). The minimum absolute atomic E-state index is 0.0305. The van der Waals surface area contributed by atoms with Crippen molar-refractivity contribution in [2.45, 2.75) is 31.2 Å². The first kappa shape index (κ1) is 8.55. The molecule has 72 valence electrons. The normalized spacial score (nSPS) is 19.4. The van der Waals surface area contributed by atoms with E-state index in [1.807, 2.05) is 0 Å². The zero-order valence-electron chi connectivity index (χ0n) is 6.83. The zero-order chi connectivity index (χ0) is 9.47. The Morgan fingerprint density at radius 3 is 2.54 bits per heavy atom. The van der Waals surface area contributed by atoms with Crippen molar-refractivity contribution in [1.82, 2.24) is 10.2 Å². The highest BCUT2D eigenvalue weighted by Gasteiger charge is 2.57. The summed E-state index contributed by atoms with van der Waals surface area (Å²) in [5.74, 6) is 0.241. The minimum Gasteiger partial charge on any atom is -0.423 e. The maximum Gasteiger partial charge on any atom is 0.252 e. The average molecular weight is 189 g/mol. The summed E-state index contributed by atoms with van der Waals surface area (Å²) in [6.45, 7) is 0.0896. The van der Waals surface area contributed by atoms with Gasteiger partial charge >= 0.3 is 0 Å². The van der Waals surface area contributed by atoms with E-state index < -0.39 is 11.8 Å². The summed E-state index contributed by atoms with van der Waals surface area (Å²) < 4.78 is 30.0. The quantitative estimate of drug-likeness (QED) is 0.764. The molecule has 0 spiro atoms. The molecule has 2 N–H and O–H groups in total. The topological polar surface area (TPSA) is 64.9 Å². The molecular weight excluding hydrogens is 180 g/mol. The Morgan fingerprint density at radius 1 is 1.46 bits per heavy atom. The van der Waals surface area contributed by atoms with Crippen LogP contribution in [-0.4, -0.2) is 16.6 Å². The first-order valence-corrected chi connectivity index (χ1v) is 4.00. The van der Waals surface area contributed by atoms with Gasteiger partial charge < -0.3 is 10.2 Å². The summed E-state index contributed by atoms with van der Waals surface area (Å²) in [7, 11) is 0. The molecule has 0 bridgehead atoms. The van der Waals surface area contributed by atoms with Crippen LogP contribution in [0, 0.1) is 0 Å². The lowest BCUT2D eigenvalue weighted by Crippen LogP contribution is -2.17. The molecule has 1 aliphatic rings. The van der Waals surface area contributed by atoms with E-state index in [1.165, 1.54) is 0 Å². The monoisotopic (exact) mass is 189 g/mol. The van der Waals surface area contributed by atoms with Gasteiger partial charge in [0.15, 0.2) is 0 Å². The van der Waals surface area contributed by atoms with Crippen molar-refractivity contribution < 1.29 is 13.2 Å². The summed E-state index contributed by atoms with van der Waals surface area (Å²) in [5, 5.41) is 7.11. The van der Waals surface area contributed by atoms with Crippen LogP contribution in [0.25, 0.3) is 0 Å². The Labute approximate surface area is 73.1 Å². The average Bonchev–Trinajstić information content (AvgIpc) is 2.79. The van der Waals surface area contributed by atoms with Crippen molar-refractivity contribution in [3.05, 3.63) is 11.8 Å². The third kappa shape index (κ3) is 1.21. The molecule has 0 radical (unpaired) electrons. The van der Waals surface area contributed by atoms with Gasteiger partial charge in [-0.1, -0.05) is 0 Å². The summed E-state index contributed by atoms with van der Waals surface area (Å²) in [6, 6.07) is 0. The van der Waals surface area contributed by atoms with E-state index >= 15 is 0 Å². The van der Waals surface area contributed by atoms with E-state index in [0.29, 0.717) is 12.8 Å². The van der Waals surface area contributed by atoms with Crippen LogP contribution in [0.2, 0.25) is 0 Å². The second-order valence-electron chi connectivity index (χ2n) is 3.16. The van der Waals surface area contributed by atoms with Gasteiger partial charge in [0.2, 0.25) is 11.8 Å². The van der Waals surface area contributed by atoms with E-state index in [4.69, 9.17) is 10.2 Å². The van der Waals surface area contributed by atoms with Gasteiger partial charge in [0.25, 0.3) is 6.43 Å². The molecule has 0 amide bonds. The van der Waals surface area contributed by atoms with Crippen LogP contribution in [0.5, 0.6) is 0 Å². The molecule has 0 saturated heterocycles. The van der Waals surface area contributed by atoms with Crippen LogP contribution in [0.4, 0.5) is 8.78 Å². The molecule has 0 atom stereocenters. The first-order chi connectivity index (χ1) is 6.19. The van der Waals surface area contributed by atoms with Crippen LogP contribution in [0.1, 0.15) is 24.6 Å². The molecule has 0 aromatic carbocycles. The van der Waals surface area contributed by atoms with E-state index in [-0.39, 0.29) is 18.3 Å². The SMILES string of the molecule is NCc1nnc(C2(C(F)F)CC2)o1. The van der Waals surface area contributed by atoms with Crippen LogP contribution in [0.3, 0.4) is 0 Å². The third-order valence-corrected chi connectivity index (χ3v) is 2.27. The maximum atomic E-state index is 12.5. The Balaban J connectivity index is 2.25. The van der Waals surface area contributed by atoms with Crippen LogP contribution >= 0.6 is 0 Å². The molecule has 1 heterocycles. The summed E-state index contributed by atoms with van der Waals surface area (Å²) in [5.41, 5.74) is 4.05. The van der Waals surface area contributed by atoms with Gasteiger partial charge in [0, 0.05) is 0 Å². The lowest BCUT2D eigenvalue weighted by atomic mass is 10.1. The van der Waals surface area contributed by atoms with E-state index in [2.05, 4.69) is 10.2 Å². The van der Waals surface area contributed by atoms with E-state index in [9.17, 15) is 8.78 Å². The number of aromatic nitrogens is 2. The molecule has 1 aliphatic carbocycles. The highest BCUT2D eigenvalue weighted by molar-refractivity contribution is 5.16. The van der Waals surface area contributed by atoms with Gasteiger partial charge in [-0.2, -0.15) is 0 Å². The summed E-state index contributed by atoms with van der Waals surface area (Å²) in [4.78, 5) is 0. The second-order valence-corrected chi connectivity index (χ2v) is 3.16. The van der Waals surface area contributed by atoms with Crippen molar-refractivity contribution in [2.24, 2.45) is 5.73 Å². The molecule has 0 unspecified atom stereocenters. The lowest BCUT2D eigenvalue weighted by molar-refractivity contribution is 0.0877. The standard InChI is InChI=1S/C7H9F2N3O/c8-5(9)7(1-2-7)6-12-11-4(3-10)13-6/h5H,1-3,10H2. The molecule has 13 heavy (non-hydrogen) atoms. The Bertz CT molecular complexity index is 308. The fraction of sp³-hybridized carbons (Fsp3) is 0.714. The predicted octanol–water partition coefficient (Wildman–Crippen LogP) is 0.825. The molecule has 6 heteroatoms. The van der Waals surface area contributed by atoms with Crippen LogP contribution < -0.4 is 5.73 Å². The molecular formula is C7H9F2N3O.